The van der Waals surface area contributed by atoms with E-state index in [0.29, 0.717) is 6.04 Å². The molecule has 1 saturated carbocycles. The molecule has 6 nitrogen and oxygen atoms in total. The Morgan fingerprint density at radius 3 is 2.56 bits per heavy atom. The predicted molar refractivity (Wildman–Crippen MR) is 97.8 cm³/mol. The smallest absolute Gasteiger partial charge is 0.251 e. The van der Waals surface area contributed by atoms with Crippen LogP contribution in [0.1, 0.15) is 42.1 Å². The topological polar surface area (TPSA) is 55.1 Å². The summed E-state index contributed by atoms with van der Waals surface area (Å²) < 4.78 is 4.85. The number of hydrogen-bond acceptors (Lipinski definition) is 4. The summed E-state index contributed by atoms with van der Waals surface area (Å²) in [7, 11) is 0. The van der Waals surface area contributed by atoms with Crippen LogP contribution in [0.5, 0.6) is 0 Å². The van der Waals surface area contributed by atoms with Crippen molar-refractivity contribution in [3.63, 3.8) is 0 Å². The van der Waals surface area contributed by atoms with Crippen molar-refractivity contribution in [1.82, 2.24) is 24.6 Å². The lowest BCUT2D eigenvalue weighted by Crippen LogP contribution is -2.45. The molecule has 2 fully saturated rings. The van der Waals surface area contributed by atoms with Crippen LogP contribution >= 0.6 is 12.2 Å². The number of nitrogens with zero attached hydrogens (tertiary/aromatic N) is 4. The Labute approximate surface area is 152 Å². The van der Waals surface area contributed by atoms with Crippen LogP contribution < -0.4 is 5.32 Å². The molecule has 25 heavy (non-hydrogen) atoms. The quantitative estimate of drug-likeness (QED) is 0.836. The van der Waals surface area contributed by atoms with E-state index in [0.717, 1.165) is 42.9 Å². The van der Waals surface area contributed by atoms with Gasteiger partial charge in [0, 0.05) is 30.7 Å². The summed E-state index contributed by atoms with van der Waals surface area (Å²) in [6, 6.07) is 10.2. The van der Waals surface area contributed by atoms with Crippen LogP contribution in [0, 0.1) is 4.77 Å². The van der Waals surface area contributed by atoms with Gasteiger partial charge < -0.3 is 9.88 Å². The van der Waals surface area contributed by atoms with Crippen LogP contribution in [-0.4, -0.2) is 44.3 Å². The first-order chi connectivity index (χ1) is 12.2. The monoisotopic (exact) mass is 357 g/mol. The third-order valence-corrected chi connectivity index (χ3v) is 5.41. The first-order valence-electron chi connectivity index (χ1n) is 8.93. The molecule has 0 atom stereocenters. The first kappa shape index (κ1) is 16.5. The second kappa shape index (κ2) is 7.09. The third-order valence-electron chi connectivity index (χ3n) is 4.99. The number of nitrogens with one attached hydrogen (secondary N) is 1. The maximum atomic E-state index is 12.2. The Morgan fingerprint density at radius 2 is 1.88 bits per heavy atom. The second-order valence-electron chi connectivity index (χ2n) is 6.92. The van der Waals surface area contributed by atoms with E-state index in [4.69, 9.17) is 12.2 Å². The van der Waals surface area contributed by atoms with Gasteiger partial charge in [-0.2, -0.15) is 5.10 Å². The van der Waals surface area contributed by atoms with Crippen molar-refractivity contribution in [2.45, 2.75) is 44.4 Å². The van der Waals surface area contributed by atoms with E-state index in [-0.39, 0.29) is 11.9 Å². The van der Waals surface area contributed by atoms with Gasteiger partial charge in [-0.25, -0.2) is 4.68 Å². The standard InChI is InChI=1S/C18H23N5OS/c24-17(14-4-2-1-3-5-14)20-15-8-10-21(11-9-15)13-23-18(25)22(12-19-23)16-6-7-16/h1-5,12,15-16H,6-11,13H2,(H,20,24). The molecule has 0 bridgehead atoms. The fraction of sp³-hybridized carbons (Fsp3) is 0.500. The van der Waals surface area contributed by atoms with Crippen LogP contribution in [0.4, 0.5) is 0 Å². The van der Waals surface area contributed by atoms with Crippen LogP contribution in [0.3, 0.4) is 0 Å². The minimum Gasteiger partial charge on any atom is -0.349 e. The molecule has 1 aromatic heterocycles. The highest BCUT2D eigenvalue weighted by Crippen LogP contribution is 2.34. The van der Waals surface area contributed by atoms with Crippen LogP contribution in [-0.2, 0) is 6.67 Å². The number of likely N-dealkylation sites (tertiary alicyclic amines) is 1. The van der Waals surface area contributed by atoms with Gasteiger partial charge in [-0.3, -0.25) is 9.69 Å². The molecule has 0 spiro atoms. The zero-order valence-corrected chi connectivity index (χ0v) is 15.0. The zero-order chi connectivity index (χ0) is 17.2. The lowest BCUT2D eigenvalue weighted by molar-refractivity contribution is 0.0896. The summed E-state index contributed by atoms with van der Waals surface area (Å²) in [6.45, 7) is 2.62. The fourth-order valence-electron chi connectivity index (χ4n) is 3.32. The molecular formula is C18H23N5OS. The average Bonchev–Trinajstić information content (AvgIpc) is 3.42. The molecular weight excluding hydrogens is 334 g/mol. The van der Waals surface area contributed by atoms with E-state index < -0.39 is 0 Å². The maximum Gasteiger partial charge on any atom is 0.251 e. The van der Waals surface area contributed by atoms with Gasteiger partial charge in [0.05, 0.1) is 6.67 Å². The average molecular weight is 357 g/mol. The van der Waals surface area contributed by atoms with Crippen molar-refractivity contribution < 1.29 is 4.79 Å². The predicted octanol–water partition coefficient (Wildman–Crippen LogP) is 2.60. The molecule has 1 aliphatic carbocycles. The highest BCUT2D eigenvalue weighted by molar-refractivity contribution is 7.71. The van der Waals surface area contributed by atoms with E-state index in [1.165, 1.54) is 12.8 Å². The lowest BCUT2D eigenvalue weighted by Gasteiger charge is -2.32. The van der Waals surface area contributed by atoms with Gasteiger partial charge in [0.1, 0.15) is 6.33 Å². The Hall–Kier alpha value is -1.99. The minimum absolute atomic E-state index is 0.0180. The van der Waals surface area contributed by atoms with Crippen molar-refractivity contribution in [1.29, 1.82) is 0 Å². The van der Waals surface area contributed by atoms with Crippen molar-refractivity contribution in [2.24, 2.45) is 0 Å². The fourth-order valence-corrected chi connectivity index (χ4v) is 3.62. The molecule has 2 aromatic rings. The third kappa shape index (κ3) is 3.82. The van der Waals surface area contributed by atoms with Crippen molar-refractivity contribution in [3.8, 4) is 0 Å². The molecule has 1 aromatic carbocycles. The van der Waals surface area contributed by atoms with E-state index >= 15 is 0 Å². The van der Waals surface area contributed by atoms with E-state index in [9.17, 15) is 4.79 Å². The van der Waals surface area contributed by atoms with E-state index in [2.05, 4.69) is 19.9 Å². The molecule has 2 aliphatic rings. The number of hydrogen-bond donors (Lipinski definition) is 1. The summed E-state index contributed by atoms with van der Waals surface area (Å²) in [5.41, 5.74) is 0.724. The molecule has 1 N–H and O–H groups in total. The number of rotatable bonds is 5. The summed E-state index contributed by atoms with van der Waals surface area (Å²) in [6.07, 6.45) is 6.20. The van der Waals surface area contributed by atoms with Crippen molar-refractivity contribution >= 4 is 18.1 Å². The van der Waals surface area contributed by atoms with Gasteiger partial charge in [-0.05, 0) is 50.0 Å². The largest absolute Gasteiger partial charge is 0.349 e. The van der Waals surface area contributed by atoms with Gasteiger partial charge in [-0.15, -0.1) is 0 Å². The van der Waals surface area contributed by atoms with Crippen LogP contribution in [0.2, 0.25) is 0 Å². The van der Waals surface area contributed by atoms with Crippen LogP contribution in [0.25, 0.3) is 0 Å². The normalized spacial score (nSPS) is 19.0. The molecule has 132 valence electrons. The Bertz CT molecular complexity index is 787. The minimum atomic E-state index is 0.0180. The summed E-state index contributed by atoms with van der Waals surface area (Å²) in [5, 5.41) is 7.59. The van der Waals surface area contributed by atoms with Gasteiger partial charge in [0.2, 0.25) is 0 Å². The summed E-state index contributed by atoms with van der Waals surface area (Å²) in [5.74, 6) is 0.0180. The first-order valence-corrected chi connectivity index (χ1v) is 9.34. The SMILES string of the molecule is O=C(NC1CCN(Cn2ncn(C3CC3)c2=S)CC1)c1ccccc1. The van der Waals surface area contributed by atoms with E-state index in [1.807, 2.05) is 41.3 Å². The highest BCUT2D eigenvalue weighted by atomic mass is 32.1. The summed E-state index contributed by atoms with van der Waals surface area (Å²) >= 11 is 5.52. The van der Waals surface area contributed by atoms with Gasteiger partial charge in [-0.1, -0.05) is 18.2 Å². The Balaban J connectivity index is 1.28. The maximum absolute atomic E-state index is 12.2. The molecule has 1 aliphatic heterocycles. The zero-order valence-electron chi connectivity index (χ0n) is 14.2. The number of piperidine rings is 1. The second-order valence-corrected chi connectivity index (χ2v) is 7.29. The highest BCUT2D eigenvalue weighted by Gasteiger charge is 2.26. The number of benzene rings is 1. The van der Waals surface area contributed by atoms with Gasteiger partial charge in [0.25, 0.3) is 5.91 Å². The van der Waals surface area contributed by atoms with Gasteiger partial charge >= 0.3 is 0 Å². The van der Waals surface area contributed by atoms with Crippen LogP contribution in [0.15, 0.2) is 36.7 Å². The summed E-state index contributed by atoms with van der Waals surface area (Å²) in [4.78, 5) is 14.6. The Morgan fingerprint density at radius 1 is 1.16 bits per heavy atom. The molecule has 4 rings (SSSR count). The van der Waals surface area contributed by atoms with Crippen molar-refractivity contribution in [3.05, 3.63) is 47.0 Å². The molecule has 1 amide bonds. The van der Waals surface area contributed by atoms with E-state index in [1.54, 1.807) is 0 Å². The Kier molecular flexibility index (Phi) is 4.67. The lowest BCUT2D eigenvalue weighted by atomic mass is 10.0. The molecule has 0 radical (unpaired) electrons. The number of aromatic nitrogens is 3. The molecule has 2 heterocycles. The molecule has 7 heteroatoms. The molecule has 1 saturated heterocycles. The number of carbonyl (C=O) groups is 1. The molecule has 0 unspecified atom stereocenters. The number of amides is 1. The van der Waals surface area contributed by atoms with Gasteiger partial charge in [0.15, 0.2) is 4.77 Å². The van der Waals surface area contributed by atoms with Crippen molar-refractivity contribution in [2.75, 3.05) is 13.1 Å². The number of carbonyl (C=O) groups excluding carboxylic acids is 1.